The van der Waals surface area contributed by atoms with Crippen LogP contribution in [0.15, 0.2) is 30.6 Å². The van der Waals surface area contributed by atoms with Crippen molar-refractivity contribution in [2.45, 2.75) is 39.8 Å². The first-order chi connectivity index (χ1) is 13.8. The molecule has 1 aromatic carbocycles. The molecule has 0 saturated carbocycles. The van der Waals surface area contributed by atoms with Gasteiger partial charge in [-0.15, -0.1) is 0 Å². The lowest BCUT2D eigenvalue weighted by molar-refractivity contribution is 0.131. The number of likely N-dealkylation sites (tertiary alicyclic amines) is 1. The molecule has 0 bridgehead atoms. The van der Waals surface area contributed by atoms with E-state index in [1.807, 2.05) is 24.6 Å². The van der Waals surface area contributed by atoms with E-state index in [0.717, 1.165) is 46.7 Å². The number of benzene rings is 1. The van der Waals surface area contributed by atoms with Gasteiger partial charge in [-0.2, -0.15) is 5.10 Å². The molecule has 1 fully saturated rings. The molecule has 0 amide bonds. The van der Waals surface area contributed by atoms with E-state index in [1.54, 1.807) is 12.3 Å². The molecule has 0 unspecified atom stereocenters. The predicted octanol–water partition coefficient (Wildman–Crippen LogP) is 3.64. The van der Waals surface area contributed by atoms with Gasteiger partial charge in [-0.25, -0.2) is 9.97 Å². The molecule has 0 aliphatic carbocycles. The van der Waals surface area contributed by atoms with Crippen molar-refractivity contribution in [1.82, 2.24) is 24.6 Å². The smallest absolute Gasteiger partial charge is 0.223 e. The zero-order chi connectivity index (χ0) is 20.7. The molecule has 7 heteroatoms. The molecule has 3 aromatic rings. The predicted molar refractivity (Wildman–Crippen MR) is 115 cm³/mol. The summed E-state index contributed by atoms with van der Waals surface area (Å²) in [7, 11) is 2.11. The van der Waals surface area contributed by atoms with E-state index >= 15 is 0 Å². The third kappa shape index (κ3) is 3.82. The van der Waals surface area contributed by atoms with E-state index in [1.165, 1.54) is 0 Å². The number of phenols is 1. The zero-order valence-electron chi connectivity index (χ0n) is 17.6. The van der Waals surface area contributed by atoms with Crippen molar-refractivity contribution >= 4 is 5.95 Å². The fourth-order valence-electron chi connectivity index (χ4n) is 3.63. The van der Waals surface area contributed by atoms with Crippen LogP contribution in [-0.4, -0.2) is 55.9 Å². The molecule has 1 aliphatic heterocycles. The molecule has 1 aliphatic rings. The van der Waals surface area contributed by atoms with Crippen molar-refractivity contribution in [2.24, 2.45) is 0 Å². The van der Waals surface area contributed by atoms with Gasteiger partial charge >= 0.3 is 0 Å². The molecule has 3 heterocycles. The molecule has 2 aromatic heterocycles. The number of phenolic OH excluding ortho intramolecular Hbond substituents is 1. The van der Waals surface area contributed by atoms with Gasteiger partial charge in [0.25, 0.3) is 0 Å². The van der Waals surface area contributed by atoms with Gasteiger partial charge in [0.1, 0.15) is 11.4 Å². The SMILES string of the molecule is Cc1cc(-c2nn(C3CN(C)C3)cc2-c2ccnc(NC(C)C)n2)cc(O)c1C. The highest BCUT2D eigenvalue weighted by atomic mass is 16.3. The number of aromatic nitrogens is 4. The number of rotatable bonds is 5. The minimum atomic E-state index is 0.245. The van der Waals surface area contributed by atoms with Gasteiger partial charge in [0.15, 0.2) is 0 Å². The second-order valence-electron chi connectivity index (χ2n) is 8.25. The maximum absolute atomic E-state index is 10.4. The molecule has 152 valence electrons. The molecule has 0 radical (unpaired) electrons. The highest BCUT2D eigenvalue weighted by Crippen LogP contribution is 2.35. The van der Waals surface area contributed by atoms with E-state index < -0.39 is 0 Å². The van der Waals surface area contributed by atoms with Crippen LogP contribution < -0.4 is 5.32 Å². The van der Waals surface area contributed by atoms with Gasteiger partial charge in [0.2, 0.25) is 5.95 Å². The first-order valence-corrected chi connectivity index (χ1v) is 10.00. The largest absolute Gasteiger partial charge is 0.508 e. The Morgan fingerprint density at radius 2 is 1.97 bits per heavy atom. The molecular formula is C22H28N6O. The summed E-state index contributed by atoms with van der Waals surface area (Å²) in [5.74, 6) is 0.885. The summed E-state index contributed by atoms with van der Waals surface area (Å²) in [6.07, 6.45) is 3.84. The van der Waals surface area contributed by atoms with Gasteiger partial charge in [0.05, 0.1) is 11.7 Å². The van der Waals surface area contributed by atoms with Gasteiger partial charge in [-0.1, -0.05) is 0 Å². The number of aromatic hydroxyl groups is 1. The van der Waals surface area contributed by atoms with E-state index in [2.05, 4.69) is 48.4 Å². The van der Waals surface area contributed by atoms with Crippen LogP contribution in [0.3, 0.4) is 0 Å². The topological polar surface area (TPSA) is 79.1 Å². The Morgan fingerprint density at radius 3 is 2.62 bits per heavy atom. The third-order valence-corrected chi connectivity index (χ3v) is 5.41. The molecule has 2 N–H and O–H groups in total. The van der Waals surface area contributed by atoms with Crippen molar-refractivity contribution in [3.8, 4) is 28.3 Å². The highest BCUT2D eigenvalue weighted by Gasteiger charge is 2.27. The Morgan fingerprint density at radius 1 is 1.21 bits per heavy atom. The lowest BCUT2D eigenvalue weighted by Crippen LogP contribution is -2.45. The maximum Gasteiger partial charge on any atom is 0.223 e. The number of nitrogens with one attached hydrogen (secondary N) is 1. The van der Waals surface area contributed by atoms with Crippen LogP contribution >= 0.6 is 0 Å². The molecule has 29 heavy (non-hydrogen) atoms. The van der Waals surface area contributed by atoms with E-state index in [9.17, 15) is 5.11 Å². The minimum Gasteiger partial charge on any atom is -0.508 e. The van der Waals surface area contributed by atoms with Crippen LogP contribution in [0.2, 0.25) is 0 Å². The number of hydrogen-bond acceptors (Lipinski definition) is 6. The van der Waals surface area contributed by atoms with Crippen LogP contribution in [0, 0.1) is 13.8 Å². The van der Waals surface area contributed by atoms with Crippen LogP contribution in [0.25, 0.3) is 22.5 Å². The fraction of sp³-hybridized carbons (Fsp3) is 0.409. The molecule has 0 spiro atoms. The summed E-state index contributed by atoms with van der Waals surface area (Å²) in [5.41, 5.74) is 5.40. The molecule has 1 saturated heterocycles. The minimum absolute atomic E-state index is 0.245. The van der Waals surface area contributed by atoms with Crippen LogP contribution in [0.4, 0.5) is 5.95 Å². The normalized spacial score (nSPS) is 15.0. The zero-order valence-corrected chi connectivity index (χ0v) is 17.6. The van der Waals surface area contributed by atoms with Crippen molar-refractivity contribution in [1.29, 1.82) is 0 Å². The fourth-order valence-corrected chi connectivity index (χ4v) is 3.63. The van der Waals surface area contributed by atoms with Gasteiger partial charge < -0.3 is 15.3 Å². The van der Waals surface area contributed by atoms with Crippen molar-refractivity contribution < 1.29 is 5.11 Å². The lowest BCUT2D eigenvalue weighted by atomic mass is 10.00. The Bertz CT molecular complexity index is 1010. The Hall–Kier alpha value is -2.93. The molecular weight excluding hydrogens is 364 g/mol. The van der Waals surface area contributed by atoms with Crippen molar-refractivity contribution in [3.05, 3.63) is 41.7 Å². The van der Waals surface area contributed by atoms with Crippen LogP contribution in [0.1, 0.15) is 31.0 Å². The number of anilines is 1. The Balaban J connectivity index is 1.82. The van der Waals surface area contributed by atoms with Crippen LogP contribution in [0.5, 0.6) is 5.75 Å². The van der Waals surface area contributed by atoms with Crippen molar-refractivity contribution in [3.63, 3.8) is 0 Å². The van der Waals surface area contributed by atoms with E-state index in [0.29, 0.717) is 12.0 Å². The molecule has 4 rings (SSSR count). The average molecular weight is 393 g/mol. The second-order valence-corrected chi connectivity index (χ2v) is 8.25. The Labute approximate surface area is 171 Å². The summed E-state index contributed by atoms with van der Waals surface area (Å²) in [6.45, 7) is 10.00. The second kappa shape index (κ2) is 7.48. The first-order valence-electron chi connectivity index (χ1n) is 10.00. The Kier molecular flexibility index (Phi) is 5.00. The average Bonchev–Trinajstić information content (AvgIpc) is 3.07. The quantitative estimate of drug-likeness (QED) is 0.690. The van der Waals surface area contributed by atoms with Crippen molar-refractivity contribution in [2.75, 3.05) is 25.5 Å². The number of nitrogens with zero attached hydrogens (tertiary/aromatic N) is 5. The summed E-state index contributed by atoms with van der Waals surface area (Å²) in [4.78, 5) is 11.3. The summed E-state index contributed by atoms with van der Waals surface area (Å²) in [6, 6.07) is 6.37. The monoisotopic (exact) mass is 392 g/mol. The van der Waals surface area contributed by atoms with Gasteiger partial charge in [0, 0.05) is 42.7 Å². The third-order valence-electron chi connectivity index (χ3n) is 5.41. The maximum atomic E-state index is 10.4. The van der Waals surface area contributed by atoms with Gasteiger partial charge in [-0.05, 0) is 64.1 Å². The van der Waals surface area contributed by atoms with E-state index in [-0.39, 0.29) is 11.8 Å². The van der Waals surface area contributed by atoms with E-state index in [4.69, 9.17) is 10.1 Å². The number of likely N-dealkylation sites (N-methyl/N-ethyl adjacent to an activating group) is 1. The first kappa shape index (κ1) is 19.4. The molecule has 0 atom stereocenters. The summed E-state index contributed by atoms with van der Waals surface area (Å²) < 4.78 is 2.04. The number of hydrogen-bond donors (Lipinski definition) is 2. The van der Waals surface area contributed by atoms with Gasteiger partial charge in [-0.3, -0.25) is 4.68 Å². The lowest BCUT2D eigenvalue weighted by Gasteiger charge is -2.36. The highest BCUT2D eigenvalue weighted by molar-refractivity contribution is 5.80. The standard InChI is InChI=1S/C22H28N6O/c1-13(2)24-22-23-7-6-19(25-22)18-12-28(17-10-27(5)11-17)26-21(18)16-8-14(3)15(4)20(29)9-16/h6-9,12-13,17,29H,10-11H2,1-5H3,(H,23,24,25). The number of aryl methyl sites for hydroxylation is 1. The summed E-state index contributed by atoms with van der Waals surface area (Å²) >= 11 is 0. The summed E-state index contributed by atoms with van der Waals surface area (Å²) in [5, 5.41) is 18.6. The molecule has 7 nitrogen and oxygen atoms in total. The van der Waals surface area contributed by atoms with Crippen LogP contribution in [-0.2, 0) is 0 Å².